The Morgan fingerprint density at radius 1 is 1.00 bits per heavy atom. The lowest BCUT2D eigenvalue weighted by molar-refractivity contribution is 0.0523. The van der Waals surface area contributed by atoms with Crippen LogP contribution in [0.1, 0.15) is 18.4 Å². The van der Waals surface area contributed by atoms with Crippen LogP contribution in [0.25, 0.3) is 11.1 Å². The van der Waals surface area contributed by atoms with E-state index in [1.807, 2.05) is 48.8 Å². The molecular weight excluding hydrogens is 406 g/mol. The second kappa shape index (κ2) is 9.54. The van der Waals surface area contributed by atoms with Gasteiger partial charge in [0.25, 0.3) is 0 Å². The summed E-state index contributed by atoms with van der Waals surface area (Å²) in [7, 11) is 0. The highest BCUT2D eigenvalue weighted by molar-refractivity contribution is 5.64. The van der Waals surface area contributed by atoms with Gasteiger partial charge in [-0.25, -0.2) is 9.97 Å². The lowest BCUT2D eigenvalue weighted by Gasteiger charge is -2.30. The molecule has 2 aromatic carbocycles. The molecule has 3 aromatic rings. The monoisotopic (exact) mass is 433 g/mol. The maximum Gasteiger partial charge on any atom is 0.166 e. The normalized spacial score (nSPS) is 19.0. The Balaban J connectivity index is 1.32. The molecule has 5 rings (SSSR count). The molecule has 2 aliphatic heterocycles. The Morgan fingerprint density at radius 3 is 2.59 bits per heavy atom. The van der Waals surface area contributed by atoms with Crippen LogP contribution in [0.5, 0.6) is 17.2 Å². The van der Waals surface area contributed by atoms with Gasteiger partial charge in [-0.3, -0.25) is 4.90 Å². The highest BCUT2D eigenvalue weighted by atomic mass is 16.6. The predicted molar refractivity (Wildman–Crippen MR) is 120 cm³/mol. The van der Waals surface area contributed by atoms with Gasteiger partial charge < -0.3 is 19.3 Å². The summed E-state index contributed by atoms with van der Waals surface area (Å²) in [6.45, 7) is 3.35. The number of para-hydroxylation sites is 2. The van der Waals surface area contributed by atoms with Gasteiger partial charge in [0.2, 0.25) is 0 Å². The SMILES string of the molecule is OC1CCN(Cc2cc(-c3cncnc3)ccc2OCC2COc3ccccc3O2)CC1. The lowest BCUT2D eigenvalue weighted by Crippen LogP contribution is -2.36. The standard InChI is InChI=1S/C25H27N3O4/c29-21-7-9-28(10-8-21)14-19-11-18(20-12-26-17-27-13-20)5-6-23(19)30-15-22-16-31-24-3-1-2-4-25(24)32-22/h1-6,11-13,17,21-22,29H,7-10,14-16H2. The first kappa shape index (κ1) is 20.7. The summed E-state index contributed by atoms with van der Waals surface area (Å²) in [4.78, 5) is 10.6. The van der Waals surface area contributed by atoms with E-state index < -0.39 is 0 Å². The van der Waals surface area contributed by atoms with Crippen molar-refractivity contribution in [2.45, 2.75) is 31.6 Å². The molecule has 1 atom stereocenters. The van der Waals surface area contributed by atoms with Crippen LogP contribution in [0.2, 0.25) is 0 Å². The quantitative estimate of drug-likeness (QED) is 0.639. The number of aromatic nitrogens is 2. The molecule has 2 aliphatic rings. The lowest BCUT2D eigenvalue weighted by atomic mass is 10.0. The highest BCUT2D eigenvalue weighted by Crippen LogP contribution is 2.32. The number of likely N-dealkylation sites (tertiary alicyclic amines) is 1. The number of fused-ring (bicyclic) bond motifs is 1. The molecule has 0 bridgehead atoms. The molecule has 1 N–H and O–H groups in total. The smallest absolute Gasteiger partial charge is 0.166 e. The van der Waals surface area contributed by atoms with Gasteiger partial charge in [0.1, 0.15) is 25.3 Å². The van der Waals surface area contributed by atoms with Gasteiger partial charge in [-0.2, -0.15) is 0 Å². The third kappa shape index (κ3) is 4.84. The van der Waals surface area contributed by atoms with E-state index in [-0.39, 0.29) is 12.2 Å². The maximum absolute atomic E-state index is 9.85. The number of ether oxygens (including phenoxy) is 3. The first-order valence-electron chi connectivity index (χ1n) is 11.0. The first-order valence-corrected chi connectivity index (χ1v) is 11.0. The van der Waals surface area contributed by atoms with E-state index in [2.05, 4.69) is 20.9 Å². The summed E-state index contributed by atoms with van der Waals surface area (Å²) in [5, 5.41) is 9.85. The summed E-state index contributed by atoms with van der Waals surface area (Å²) >= 11 is 0. The molecule has 1 aromatic heterocycles. The fourth-order valence-corrected chi connectivity index (χ4v) is 4.12. The molecule has 1 fully saturated rings. The van der Waals surface area contributed by atoms with Crippen LogP contribution in [0.4, 0.5) is 0 Å². The van der Waals surface area contributed by atoms with Gasteiger partial charge in [-0.1, -0.05) is 18.2 Å². The minimum atomic E-state index is -0.193. The Hall–Kier alpha value is -3.16. The van der Waals surface area contributed by atoms with E-state index in [0.717, 1.165) is 66.4 Å². The maximum atomic E-state index is 9.85. The van der Waals surface area contributed by atoms with Crippen molar-refractivity contribution >= 4 is 0 Å². The van der Waals surface area contributed by atoms with E-state index in [1.165, 1.54) is 6.33 Å². The third-order valence-corrected chi connectivity index (χ3v) is 5.90. The summed E-state index contributed by atoms with van der Waals surface area (Å²) < 4.78 is 18.1. The number of aliphatic hydroxyl groups excluding tert-OH is 1. The molecule has 166 valence electrons. The largest absolute Gasteiger partial charge is 0.489 e. The fourth-order valence-electron chi connectivity index (χ4n) is 4.12. The predicted octanol–water partition coefficient (Wildman–Crippen LogP) is 3.32. The number of aliphatic hydroxyl groups is 1. The van der Waals surface area contributed by atoms with Crippen molar-refractivity contribution in [1.82, 2.24) is 14.9 Å². The van der Waals surface area contributed by atoms with Crippen molar-refractivity contribution in [3.8, 4) is 28.4 Å². The van der Waals surface area contributed by atoms with Crippen LogP contribution in [-0.2, 0) is 6.54 Å². The minimum absolute atomic E-state index is 0.176. The van der Waals surface area contributed by atoms with Crippen LogP contribution >= 0.6 is 0 Å². The van der Waals surface area contributed by atoms with E-state index in [0.29, 0.717) is 13.2 Å². The molecule has 32 heavy (non-hydrogen) atoms. The van der Waals surface area contributed by atoms with Gasteiger partial charge >= 0.3 is 0 Å². The number of benzene rings is 2. The zero-order valence-electron chi connectivity index (χ0n) is 17.9. The van der Waals surface area contributed by atoms with Gasteiger partial charge in [0, 0.05) is 43.2 Å². The van der Waals surface area contributed by atoms with Crippen molar-refractivity contribution in [2.75, 3.05) is 26.3 Å². The van der Waals surface area contributed by atoms with E-state index in [4.69, 9.17) is 14.2 Å². The molecule has 7 heteroatoms. The van der Waals surface area contributed by atoms with E-state index in [9.17, 15) is 5.11 Å². The van der Waals surface area contributed by atoms with Crippen LogP contribution < -0.4 is 14.2 Å². The van der Waals surface area contributed by atoms with Crippen molar-refractivity contribution < 1.29 is 19.3 Å². The Labute approximate surface area is 187 Å². The topological polar surface area (TPSA) is 76.9 Å². The van der Waals surface area contributed by atoms with Crippen molar-refractivity contribution in [3.63, 3.8) is 0 Å². The molecule has 0 saturated carbocycles. The first-order chi connectivity index (χ1) is 15.7. The summed E-state index contributed by atoms with van der Waals surface area (Å²) in [5.41, 5.74) is 3.12. The van der Waals surface area contributed by atoms with Crippen molar-refractivity contribution in [3.05, 3.63) is 66.7 Å². The van der Waals surface area contributed by atoms with E-state index >= 15 is 0 Å². The Bertz CT molecular complexity index is 1040. The van der Waals surface area contributed by atoms with Crippen LogP contribution in [0, 0.1) is 0 Å². The van der Waals surface area contributed by atoms with Gasteiger partial charge in [0.05, 0.1) is 6.10 Å². The number of hydrogen-bond donors (Lipinski definition) is 1. The fraction of sp³-hybridized carbons (Fsp3) is 0.360. The zero-order valence-corrected chi connectivity index (χ0v) is 17.9. The third-order valence-electron chi connectivity index (χ3n) is 5.90. The Kier molecular flexibility index (Phi) is 6.18. The number of piperidine rings is 1. The van der Waals surface area contributed by atoms with Gasteiger partial charge in [-0.15, -0.1) is 0 Å². The van der Waals surface area contributed by atoms with Crippen LogP contribution in [-0.4, -0.2) is 58.5 Å². The number of hydrogen-bond acceptors (Lipinski definition) is 7. The van der Waals surface area contributed by atoms with Crippen LogP contribution in [0.15, 0.2) is 61.2 Å². The second-order valence-corrected chi connectivity index (χ2v) is 8.27. The second-order valence-electron chi connectivity index (χ2n) is 8.27. The molecule has 1 unspecified atom stereocenters. The molecule has 0 spiro atoms. The number of nitrogens with zero attached hydrogens (tertiary/aromatic N) is 3. The van der Waals surface area contributed by atoms with Crippen molar-refractivity contribution in [2.24, 2.45) is 0 Å². The number of rotatable bonds is 6. The molecule has 1 saturated heterocycles. The van der Waals surface area contributed by atoms with Crippen molar-refractivity contribution in [1.29, 1.82) is 0 Å². The van der Waals surface area contributed by atoms with Gasteiger partial charge in [0.15, 0.2) is 17.6 Å². The average Bonchev–Trinajstić information content (AvgIpc) is 2.85. The summed E-state index contributed by atoms with van der Waals surface area (Å²) in [5.74, 6) is 2.35. The molecule has 0 radical (unpaired) electrons. The minimum Gasteiger partial charge on any atom is -0.489 e. The molecule has 7 nitrogen and oxygen atoms in total. The molecule has 0 amide bonds. The van der Waals surface area contributed by atoms with Crippen LogP contribution in [0.3, 0.4) is 0 Å². The molecular formula is C25H27N3O4. The van der Waals surface area contributed by atoms with Gasteiger partial charge in [-0.05, 0) is 42.7 Å². The highest BCUT2D eigenvalue weighted by Gasteiger charge is 2.23. The molecule has 3 heterocycles. The van der Waals surface area contributed by atoms with E-state index in [1.54, 1.807) is 0 Å². The summed E-state index contributed by atoms with van der Waals surface area (Å²) in [6.07, 6.45) is 6.39. The summed E-state index contributed by atoms with van der Waals surface area (Å²) in [6, 6.07) is 13.9. The average molecular weight is 434 g/mol. The molecule has 0 aliphatic carbocycles. The zero-order chi connectivity index (χ0) is 21.8. The Morgan fingerprint density at radius 2 is 1.78 bits per heavy atom.